The van der Waals surface area contributed by atoms with Crippen molar-refractivity contribution in [2.24, 2.45) is 5.73 Å². The summed E-state index contributed by atoms with van der Waals surface area (Å²) >= 11 is 0. The molecule has 3 rings (SSSR count). The molecule has 0 atom stereocenters. The van der Waals surface area contributed by atoms with Gasteiger partial charge in [0.05, 0.1) is 11.4 Å². The second-order valence-electron chi connectivity index (χ2n) is 7.20. The van der Waals surface area contributed by atoms with E-state index in [1.165, 1.54) is 5.56 Å². The Hall–Kier alpha value is -2.76. The van der Waals surface area contributed by atoms with Crippen LogP contribution in [0.1, 0.15) is 35.4 Å². The van der Waals surface area contributed by atoms with E-state index in [0.717, 1.165) is 48.6 Å². The fraction of sp³-hybridized carbons (Fsp3) is 0.333. The molecule has 0 amide bonds. The molecule has 0 saturated heterocycles. The molecule has 0 radical (unpaired) electrons. The highest BCUT2D eigenvalue weighted by molar-refractivity contribution is 5.28. The van der Waals surface area contributed by atoms with Gasteiger partial charge in [-0.25, -0.2) is 0 Å². The van der Waals surface area contributed by atoms with E-state index in [9.17, 15) is 0 Å². The molecule has 0 saturated carbocycles. The Kier molecular flexibility index (Phi) is 8.16. The topological polar surface area (TPSA) is 64.3 Å². The Morgan fingerprint density at radius 2 is 1.59 bits per heavy atom. The van der Waals surface area contributed by atoms with Crippen molar-refractivity contribution in [3.05, 3.63) is 89.5 Å². The molecule has 0 fully saturated rings. The summed E-state index contributed by atoms with van der Waals surface area (Å²) < 4.78 is 6.10. The summed E-state index contributed by atoms with van der Waals surface area (Å²) in [5, 5.41) is 0. The summed E-state index contributed by atoms with van der Waals surface area (Å²) in [5.41, 5.74) is 10.1. The summed E-state index contributed by atoms with van der Waals surface area (Å²) in [6.45, 7) is 5.80. The van der Waals surface area contributed by atoms with Gasteiger partial charge in [-0.05, 0) is 62.2 Å². The van der Waals surface area contributed by atoms with Crippen LogP contribution >= 0.6 is 0 Å². The van der Waals surface area contributed by atoms with E-state index >= 15 is 0 Å². The summed E-state index contributed by atoms with van der Waals surface area (Å²) in [7, 11) is 0. The van der Waals surface area contributed by atoms with Gasteiger partial charge in [0.25, 0.3) is 0 Å². The fourth-order valence-electron chi connectivity index (χ4n) is 3.21. The lowest BCUT2D eigenvalue weighted by molar-refractivity contribution is 0.235. The smallest absolute Gasteiger partial charge is 0.142 e. The lowest BCUT2D eigenvalue weighted by Crippen LogP contribution is -2.26. The molecule has 3 aromatic rings. The second kappa shape index (κ2) is 11.3. The largest absolute Gasteiger partial charge is 0.487 e. The van der Waals surface area contributed by atoms with Gasteiger partial charge in [-0.2, -0.15) is 0 Å². The fourth-order valence-corrected chi connectivity index (χ4v) is 3.21. The number of rotatable bonds is 11. The maximum Gasteiger partial charge on any atom is 0.142 e. The number of nitrogens with zero attached hydrogens (tertiary/aromatic N) is 3. The highest BCUT2D eigenvalue weighted by atomic mass is 16.5. The highest BCUT2D eigenvalue weighted by Crippen LogP contribution is 2.20. The van der Waals surface area contributed by atoms with Crippen LogP contribution < -0.4 is 10.5 Å². The van der Waals surface area contributed by atoms with Crippen molar-refractivity contribution in [1.29, 1.82) is 0 Å². The minimum absolute atomic E-state index is 0.534. The summed E-state index contributed by atoms with van der Waals surface area (Å²) in [5.74, 6) is 0.831. The Morgan fingerprint density at radius 1 is 0.862 bits per heavy atom. The molecule has 0 bridgehead atoms. The van der Waals surface area contributed by atoms with E-state index < -0.39 is 0 Å². The zero-order valence-electron chi connectivity index (χ0n) is 17.1. The van der Waals surface area contributed by atoms with Crippen LogP contribution in [-0.2, 0) is 19.7 Å². The molecule has 0 spiro atoms. The van der Waals surface area contributed by atoms with Crippen molar-refractivity contribution in [2.75, 3.05) is 13.1 Å². The lowest BCUT2D eigenvalue weighted by atomic mass is 10.2. The minimum Gasteiger partial charge on any atom is -0.487 e. The van der Waals surface area contributed by atoms with Crippen molar-refractivity contribution in [1.82, 2.24) is 14.9 Å². The number of benzene rings is 1. The quantitative estimate of drug-likeness (QED) is 0.499. The van der Waals surface area contributed by atoms with Crippen molar-refractivity contribution < 1.29 is 4.74 Å². The van der Waals surface area contributed by atoms with Gasteiger partial charge in [-0.1, -0.05) is 36.4 Å². The van der Waals surface area contributed by atoms with E-state index in [1.807, 2.05) is 48.8 Å². The average molecular weight is 391 g/mol. The summed E-state index contributed by atoms with van der Waals surface area (Å²) in [6.07, 6.45) is 5.75. The number of aryl methyl sites for hydroxylation is 1. The molecule has 0 aliphatic rings. The van der Waals surface area contributed by atoms with Gasteiger partial charge < -0.3 is 10.5 Å². The Balaban J connectivity index is 1.71. The predicted molar refractivity (Wildman–Crippen MR) is 116 cm³/mol. The normalized spacial score (nSPS) is 11.0. The Morgan fingerprint density at radius 3 is 2.34 bits per heavy atom. The number of hydrogen-bond acceptors (Lipinski definition) is 5. The van der Waals surface area contributed by atoms with Crippen molar-refractivity contribution in [3.8, 4) is 5.75 Å². The van der Waals surface area contributed by atoms with Crippen LogP contribution in [0.3, 0.4) is 0 Å². The van der Waals surface area contributed by atoms with Crippen molar-refractivity contribution in [2.45, 2.75) is 39.5 Å². The first-order valence-corrected chi connectivity index (χ1v) is 10.2. The summed E-state index contributed by atoms with van der Waals surface area (Å²) in [6, 6.07) is 18.2. The van der Waals surface area contributed by atoms with Gasteiger partial charge in [0, 0.05) is 25.5 Å². The second-order valence-corrected chi connectivity index (χ2v) is 7.20. The number of aromatic nitrogens is 2. The van der Waals surface area contributed by atoms with Gasteiger partial charge >= 0.3 is 0 Å². The van der Waals surface area contributed by atoms with E-state index in [0.29, 0.717) is 19.7 Å². The van der Waals surface area contributed by atoms with Crippen LogP contribution in [0.25, 0.3) is 0 Å². The molecule has 152 valence electrons. The first-order chi connectivity index (χ1) is 14.3. The summed E-state index contributed by atoms with van der Waals surface area (Å²) in [4.78, 5) is 11.6. The maximum atomic E-state index is 6.10. The predicted octanol–water partition coefficient (Wildman–Crippen LogP) is 4.11. The number of unbranched alkanes of at least 4 members (excludes halogenated alkanes) is 1. The molecule has 5 nitrogen and oxygen atoms in total. The minimum atomic E-state index is 0.534. The standard InChI is InChI=1S/C24H30N4O/c1-20-9-7-14-26-22(20)17-28(16-6-5-13-25)18-23-24(12-8-15-27-23)29-19-21-10-3-2-4-11-21/h2-4,7-12,14-15H,5-6,13,16-19,25H2,1H3. The third-order valence-electron chi connectivity index (χ3n) is 4.88. The lowest BCUT2D eigenvalue weighted by Gasteiger charge is -2.23. The third-order valence-corrected chi connectivity index (χ3v) is 4.88. The Bertz CT molecular complexity index is 870. The molecular weight excluding hydrogens is 360 g/mol. The molecule has 1 aromatic carbocycles. The van der Waals surface area contributed by atoms with Gasteiger partial charge in [-0.3, -0.25) is 14.9 Å². The maximum absolute atomic E-state index is 6.10. The first kappa shape index (κ1) is 21.0. The van der Waals surface area contributed by atoms with Gasteiger partial charge in [0.2, 0.25) is 0 Å². The average Bonchev–Trinajstić information content (AvgIpc) is 2.75. The molecule has 2 N–H and O–H groups in total. The van der Waals surface area contributed by atoms with Crippen LogP contribution in [0.4, 0.5) is 0 Å². The molecule has 0 aliphatic heterocycles. The van der Waals surface area contributed by atoms with Crippen LogP contribution in [-0.4, -0.2) is 28.0 Å². The number of ether oxygens (including phenoxy) is 1. The van der Waals surface area contributed by atoms with Crippen LogP contribution in [0.15, 0.2) is 67.0 Å². The van der Waals surface area contributed by atoms with E-state index in [4.69, 9.17) is 10.5 Å². The monoisotopic (exact) mass is 390 g/mol. The van der Waals surface area contributed by atoms with E-state index in [-0.39, 0.29) is 0 Å². The van der Waals surface area contributed by atoms with E-state index in [2.05, 4.69) is 40.0 Å². The number of nitrogens with two attached hydrogens (primary N) is 1. The zero-order valence-corrected chi connectivity index (χ0v) is 17.1. The van der Waals surface area contributed by atoms with Crippen molar-refractivity contribution in [3.63, 3.8) is 0 Å². The number of hydrogen-bond donors (Lipinski definition) is 1. The van der Waals surface area contributed by atoms with E-state index in [1.54, 1.807) is 0 Å². The van der Waals surface area contributed by atoms with Crippen LogP contribution in [0, 0.1) is 6.92 Å². The molecule has 2 heterocycles. The highest BCUT2D eigenvalue weighted by Gasteiger charge is 2.14. The van der Waals surface area contributed by atoms with Crippen LogP contribution in [0.2, 0.25) is 0 Å². The third kappa shape index (κ3) is 6.66. The van der Waals surface area contributed by atoms with Crippen molar-refractivity contribution >= 4 is 0 Å². The number of pyridine rings is 2. The van der Waals surface area contributed by atoms with Gasteiger partial charge in [0.15, 0.2) is 0 Å². The Labute approximate surface area is 173 Å². The molecular formula is C24H30N4O. The molecule has 0 aliphatic carbocycles. The van der Waals surface area contributed by atoms with Gasteiger partial charge in [-0.15, -0.1) is 0 Å². The molecule has 2 aromatic heterocycles. The van der Waals surface area contributed by atoms with Gasteiger partial charge in [0.1, 0.15) is 12.4 Å². The molecule has 0 unspecified atom stereocenters. The molecule has 29 heavy (non-hydrogen) atoms. The first-order valence-electron chi connectivity index (χ1n) is 10.2. The molecule has 5 heteroatoms. The van der Waals surface area contributed by atoms with Crippen LogP contribution in [0.5, 0.6) is 5.75 Å². The SMILES string of the molecule is Cc1cccnc1CN(CCCCN)Cc1ncccc1OCc1ccccc1. The zero-order chi connectivity index (χ0) is 20.3.